The number of hydrogen-bond acceptors (Lipinski definition) is 11. The van der Waals surface area contributed by atoms with Crippen LogP contribution in [-0.4, -0.2) is 66.8 Å². The van der Waals surface area contributed by atoms with Crippen LogP contribution in [0.5, 0.6) is 0 Å². The van der Waals surface area contributed by atoms with Crippen molar-refractivity contribution in [2.45, 2.75) is 30.5 Å². The zero-order chi connectivity index (χ0) is 33.2. The first-order valence-corrected chi connectivity index (χ1v) is 14.5. The van der Waals surface area contributed by atoms with Crippen molar-refractivity contribution in [3.8, 4) is 0 Å². The van der Waals surface area contributed by atoms with E-state index < -0.39 is 61.0 Å². The number of nitrogens with zero attached hydrogens (tertiary/aromatic N) is 1. The van der Waals surface area contributed by atoms with Crippen molar-refractivity contribution in [3.63, 3.8) is 0 Å². The summed E-state index contributed by atoms with van der Waals surface area (Å²) in [4.78, 5) is 53.2. The van der Waals surface area contributed by atoms with Crippen LogP contribution in [0.3, 0.4) is 0 Å². The van der Waals surface area contributed by atoms with E-state index in [0.717, 1.165) is 0 Å². The Morgan fingerprint density at radius 2 is 0.915 bits per heavy atom. The van der Waals surface area contributed by atoms with Crippen LogP contribution in [0.2, 0.25) is 0 Å². The van der Waals surface area contributed by atoms with E-state index in [4.69, 9.17) is 35.3 Å². The van der Waals surface area contributed by atoms with Gasteiger partial charge in [-0.15, -0.1) is 0 Å². The lowest BCUT2D eigenvalue weighted by Gasteiger charge is -2.44. The third-order valence-corrected chi connectivity index (χ3v) is 7.22. The Balaban J connectivity index is 1.55. The number of esters is 4. The van der Waals surface area contributed by atoms with Crippen molar-refractivity contribution in [1.82, 2.24) is 0 Å². The minimum Gasteiger partial charge on any atom is -0.459 e. The van der Waals surface area contributed by atoms with Crippen molar-refractivity contribution in [3.05, 3.63) is 144 Å². The van der Waals surface area contributed by atoms with Crippen LogP contribution in [0.15, 0.2) is 126 Å². The van der Waals surface area contributed by atoms with Gasteiger partial charge in [-0.2, -0.15) is 5.10 Å². The van der Waals surface area contributed by atoms with Gasteiger partial charge in [-0.1, -0.05) is 72.8 Å². The molecule has 1 aliphatic heterocycles. The van der Waals surface area contributed by atoms with Gasteiger partial charge >= 0.3 is 23.9 Å². The van der Waals surface area contributed by atoms with Gasteiger partial charge < -0.3 is 35.3 Å². The van der Waals surface area contributed by atoms with Crippen LogP contribution in [0.25, 0.3) is 0 Å². The molecular formula is C35H31N3O9. The van der Waals surface area contributed by atoms with Crippen molar-refractivity contribution >= 4 is 29.7 Å². The number of nitrogens with two attached hydrogens (primary N) is 2. The van der Waals surface area contributed by atoms with Crippen molar-refractivity contribution < 1.29 is 42.9 Å². The smallest absolute Gasteiger partial charge is 0.338 e. The third kappa shape index (κ3) is 7.99. The molecule has 0 aromatic heterocycles. The summed E-state index contributed by atoms with van der Waals surface area (Å²) in [5.41, 5.74) is 6.90. The highest BCUT2D eigenvalue weighted by Gasteiger charge is 2.54. The molecule has 5 atom stereocenters. The van der Waals surface area contributed by atoms with Gasteiger partial charge in [0.25, 0.3) is 0 Å². The lowest BCUT2D eigenvalue weighted by atomic mass is 9.93. The topological polar surface area (TPSA) is 179 Å². The molecular weight excluding hydrogens is 606 g/mol. The van der Waals surface area contributed by atoms with Gasteiger partial charge in [0.2, 0.25) is 0 Å². The second kappa shape index (κ2) is 15.3. The molecule has 0 aliphatic carbocycles. The van der Waals surface area contributed by atoms with E-state index in [-0.39, 0.29) is 28.1 Å². The Labute approximate surface area is 269 Å². The summed E-state index contributed by atoms with van der Waals surface area (Å²) in [5, 5.41) is 3.55. The van der Waals surface area contributed by atoms with Crippen molar-refractivity contribution in [1.29, 1.82) is 0 Å². The Morgan fingerprint density at radius 3 is 1.32 bits per heavy atom. The average molecular weight is 638 g/mol. The van der Waals surface area contributed by atoms with Gasteiger partial charge in [0.05, 0.1) is 22.3 Å². The number of hydrogen-bond donors (Lipinski definition) is 2. The van der Waals surface area contributed by atoms with Gasteiger partial charge in [-0.3, -0.25) is 0 Å². The Kier molecular flexibility index (Phi) is 10.6. The van der Waals surface area contributed by atoms with Crippen LogP contribution in [0, 0.1) is 0 Å². The normalized spacial score (nSPS) is 20.8. The largest absolute Gasteiger partial charge is 0.459 e. The van der Waals surface area contributed by atoms with E-state index >= 15 is 0 Å². The Morgan fingerprint density at radius 1 is 0.553 bits per heavy atom. The first kappa shape index (κ1) is 32.4. The summed E-state index contributed by atoms with van der Waals surface area (Å²) >= 11 is 0. The summed E-state index contributed by atoms with van der Waals surface area (Å²) < 4.78 is 29.5. The quantitative estimate of drug-likeness (QED) is 0.0649. The molecule has 4 aromatic rings. The Bertz CT molecular complexity index is 1700. The molecule has 12 heteroatoms. The molecule has 47 heavy (non-hydrogen) atoms. The molecule has 5 rings (SSSR count). The Hall–Kier alpha value is -6.01. The zero-order valence-electron chi connectivity index (χ0n) is 24.9. The number of amidine groups is 1. The lowest BCUT2D eigenvalue weighted by Crippen LogP contribution is -2.65. The monoisotopic (exact) mass is 637 g/mol. The summed E-state index contributed by atoms with van der Waals surface area (Å²) in [7, 11) is 0. The molecule has 1 heterocycles. The van der Waals surface area contributed by atoms with Crippen LogP contribution in [0.1, 0.15) is 41.4 Å². The second-order valence-corrected chi connectivity index (χ2v) is 10.3. The summed E-state index contributed by atoms with van der Waals surface area (Å²) in [6, 6.07) is 32.3. The first-order chi connectivity index (χ1) is 22.9. The van der Waals surface area contributed by atoms with E-state index in [2.05, 4.69) is 5.10 Å². The van der Waals surface area contributed by atoms with E-state index in [1.165, 1.54) is 36.4 Å². The molecule has 0 spiro atoms. The molecule has 0 unspecified atom stereocenters. The summed E-state index contributed by atoms with van der Waals surface area (Å²) in [6.07, 6.45) is -7.30. The van der Waals surface area contributed by atoms with Crippen LogP contribution < -0.4 is 11.6 Å². The van der Waals surface area contributed by atoms with Crippen LogP contribution in [0.4, 0.5) is 0 Å². The second-order valence-electron chi connectivity index (χ2n) is 10.3. The maximum Gasteiger partial charge on any atom is 0.338 e. The maximum absolute atomic E-state index is 13.5. The molecule has 1 fully saturated rings. The fraction of sp³-hybridized carbons (Fsp3) is 0.171. The predicted molar refractivity (Wildman–Crippen MR) is 168 cm³/mol. The van der Waals surface area contributed by atoms with E-state index in [1.54, 1.807) is 84.9 Å². The molecule has 4 aromatic carbocycles. The van der Waals surface area contributed by atoms with Gasteiger partial charge in [0, 0.05) is 0 Å². The lowest BCUT2D eigenvalue weighted by molar-refractivity contribution is -0.212. The van der Waals surface area contributed by atoms with Crippen LogP contribution >= 0.6 is 0 Å². The van der Waals surface area contributed by atoms with E-state index in [1.807, 2.05) is 0 Å². The molecule has 0 amide bonds. The molecule has 1 saturated heterocycles. The van der Waals surface area contributed by atoms with Gasteiger partial charge in [0.15, 0.2) is 30.3 Å². The molecule has 240 valence electrons. The average Bonchev–Trinajstić information content (AvgIpc) is 3.13. The molecule has 12 nitrogen and oxygen atoms in total. The molecule has 4 N–H and O–H groups in total. The van der Waals surface area contributed by atoms with E-state index in [9.17, 15) is 19.2 Å². The molecule has 0 saturated carbocycles. The van der Waals surface area contributed by atoms with Crippen LogP contribution in [-0.2, 0) is 23.7 Å². The highest BCUT2D eigenvalue weighted by Crippen LogP contribution is 2.31. The van der Waals surface area contributed by atoms with Gasteiger partial charge in [-0.05, 0) is 48.5 Å². The fourth-order valence-electron chi connectivity index (χ4n) is 4.88. The minimum absolute atomic E-state index is 0.157. The molecule has 0 radical (unpaired) electrons. The standard InChI is InChI=1S/C35H31N3O9/c36-31(38-37)30-29(47-35(42)25-19-11-4-12-20-25)28(46-34(41)24-17-9-3-10-18-24)27(45-33(40)23-15-7-2-8-16-23)26(44-30)21-43-32(39)22-13-5-1-6-14-22/h1-20,26-30H,21,37H2,(H2,36,38)/t26-,27-,28+,29-,30-/m1/s1. The number of hydrazone groups is 1. The fourth-order valence-corrected chi connectivity index (χ4v) is 4.88. The van der Waals surface area contributed by atoms with Gasteiger partial charge in [0.1, 0.15) is 12.7 Å². The number of benzene rings is 4. The van der Waals surface area contributed by atoms with E-state index in [0.29, 0.717) is 0 Å². The first-order valence-electron chi connectivity index (χ1n) is 14.5. The SMILES string of the molecule is N/N=C(\N)[C@@H]1O[C@H](COC(=O)c2ccccc2)[C@@H](OC(=O)c2ccccc2)[C@H](OC(=O)c2ccccc2)[C@H]1OC(=O)c1ccccc1. The molecule has 0 bridgehead atoms. The van der Waals surface area contributed by atoms with Crippen molar-refractivity contribution in [2.24, 2.45) is 16.7 Å². The summed E-state index contributed by atoms with van der Waals surface area (Å²) in [6.45, 7) is -0.493. The molecule has 1 aliphatic rings. The zero-order valence-corrected chi connectivity index (χ0v) is 24.9. The predicted octanol–water partition coefficient (Wildman–Crippen LogP) is 3.52. The number of carbonyl (C=O) groups excluding carboxylic acids is 4. The number of ether oxygens (including phenoxy) is 5. The number of rotatable bonds is 10. The number of carbonyl (C=O) groups is 4. The van der Waals surface area contributed by atoms with Crippen molar-refractivity contribution in [2.75, 3.05) is 6.61 Å². The van der Waals surface area contributed by atoms with Gasteiger partial charge in [-0.25, -0.2) is 19.2 Å². The highest BCUT2D eigenvalue weighted by molar-refractivity contribution is 5.92. The third-order valence-electron chi connectivity index (χ3n) is 7.22. The minimum atomic E-state index is -1.55. The summed E-state index contributed by atoms with van der Waals surface area (Å²) in [5.74, 6) is 2.05. The highest BCUT2D eigenvalue weighted by atomic mass is 16.7. The maximum atomic E-state index is 13.5.